The Kier molecular flexibility index (Phi) is 8.82. The lowest BCUT2D eigenvalue weighted by atomic mass is 9.35. The van der Waals surface area contributed by atoms with Crippen LogP contribution in [0.1, 0.15) is 92.6 Å². The van der Waals surface area contributed by atoms with Gasteiger partial charge in [-0.2, -0.15) is 0 Å². The highest BCUT2D eigenvalue weighted by Crippen LogP contribution is 2.74. The molecule has 3 saturated carbocycles. The summed E-state index contributed by atoms with van der Waals surface area (Å²) in [6, 6.07) is 1.84. The maximum atomic E-state index is 14.9. The van der Waals surface area contributed by atoms with Gasteiger partial charge in [0.1, 0.15) is 24.1 Å². The van der Waals surface area contributed by atoms with Crippen LogP contribution in [0.4, 0.5) is 0 Å². The molecule has 1 heterocycles. The molecule has 0 spiro atoms. The minimum Gasteiger partial charge on any atom is -0.472 e. The van der Waals surface area contributed by atoms with Crippen molar-refractivity contribution in [2.45, 2.75) is 111 Å². The summed E-state index contributed by atoms with van der Waals surface area (Å²) in [6.45, 7) is 13.4. The SMILES string of the molecule is CC[C@@H](C)C(=O)O[C@H]1[C@H](OC(C)=O)[C@H]2[C@@](C)(C(=O)C[C@H]3[C@](C)(C(=O)OC)[C@H](O)C[C@H](OC(C)=O)[C@]23C)C2=CC[C@@H](c3ccoc3)[C@@]21C. The highest BCUT2D eigenvalue weighted by atomic mass is 16.6. The summed E-state index contributed by atoms with van der Waals surface area (Å²) in [5.41, 5.74) is -3.58. The van der Waals surface area contributed by atoms with Crippen molar-refractivity contribution in [3.63, 3.8) is 0 Å². The number of hydrogen-bond donors (Lipinski definition) is 1. The summed E-state index contributed by atoms with van der Waals surface area (Å²) in [7, 11) is 1.22. The Morgan fingerprint density at radius 2 is 1.72 bits per heavy atom. The molecule has 47 heavy (non-hydrogen) atoms. The summed E-state index contributed by atoms with van der Waals surface area (Å²) >= 11 is 0. The van der Waals surface area contributed by atoms with Crippen LogP contribution in [0.2, 0.25) is 0 Å². The van der Waals surface area contributed by atoms with Crippen LogP contribution in [0.25, 0.3) is 0 Å². The number of ether oxygens (including phenoxy) is 4. The van der Waals surface area contributed by atoms with Crippen LogP contribution in [-0.4, -0.2) is 66.3 Å². The van der Waals surface area contributed by atoms with Crippen molar-refractivity contribution in [1.29, 1.82) is 0 Å². The van der Waals surface area contributed by atoms with E-state index in [4.69, 9.17) is 23.4 Å². The number of furan rings is 1. The summed E-state index contributed by atoms with van der Waals surface area (Å²) in [4.78, 5) is 67.9. The molecule has 0 saturated heterocycles. The molecule has 0 unspecified atom stereocenters. The van der Waals surface area contributed by atoms with E-state index in [1.807, 2.05) is 39.8 Å². The highest BCUT2D eigenvalue weighted by molar-refractivity contribution is 5.92. The maximum Gasteiger partial charge on any atom is 0.314 e. The Morgan fingerprint density at radius 3 is 2.28 bits per heavy atom. The minimum atomic E-state index is -1.58. The summed E-state index contributed by atoms with van der Waals surface area (Å²) in [6.07, 6.45) is 1.39. The number of rotatable bonds is 7. The number of aliphatic hydroxyl groups is 1. The number of ketones is 1. The normalized spacial score (nSPS) is 41.4. The van der Waals surface area contributed by atoms with Gasteiger partial charge in [-0.15, -0.1) is 0 Å². The predicted molar refractivity (Wildman–Crippen MR) is 166 cm³/mol. The van der Waals surface area contributed by atoms with Gasteiger partial charge in [0, 0.05) is 49.4 Å². The minimum absolute atomic E-state index is 0.128. The van der Waals surface area contributed by atoms with Gasteiger partial charge in [0.25, 0.3) is 0 Å². The lowest BCUT2D eigenvalue weighted by Crippen LogP contribution is -2.75. The van der Waals surface area contributed by atoms with Crippen molar-refractivity contribution in [2.75, 3.05) is 7.11 Å². The van der Waals surface area contributed by atoms with Crippen LogP contribution >= 0.6 is 0 Å². The highest BCUT2D eigenvalue weighted by Gasteiger charge is 2.78. The van der Waals surface area contributed by atoms with E-state index in [-0.39, 0.29) is 24.5 Å². The molecule has 5 rings (SSSR count). The van der Waals surface area contributed by atoms with Gasteiger partial charge < -0.3 is 28.5 Å². The van der Waals surface area contributed by atoms with Crippen LogP contribution in [0, 0.1) is 39.4 Å². The zero-order valence-corrected chi connectivity index (χ0v) is 28.8. The van der Waals surface area contributed by atoms with E-state index in [9.17, 15) is 29.1 Å². The first-order valence-electron chi connectivity index (χ1n) is 16.5. The molecule has 1 aromatic heterocycles. The molecule has 1 aromatic rings. The third-order valence-electron chi connectivity index (χ3n) is 12.6. The van der Waals surface area contributed by atoms with Gasteiger partial charge in [-0.25, -0.2) is 0 Å². The van der Waals surface area contributed by atoms with E-state index in [1.165, 1.54) is 21.0 Å². The number of carbonyl (C=O) groups excluding carboxylic acids is 5. The van der Waals surface area contributed by atoms with Crippen molar-refractivity contribution in [3.05, 3.63) is 35.8 Å². The van der Waals surface area contributed by atoms with E-state index in [2.05, 4.69) is 0 Å². The predicted octanol–water partition coefficient (Wildman–Crippen LogP) is 4.70. The lowest BCUT2D eigenvalue weighted by molar-refractivity contribution is -0.268. The molecular weight excluding hydrogens is 608 g/mol. The molecule has 0 amide bonds. The summed E-state index contributed by atoms with van der Waals surface area (Å²) in [5.74, 6) is -5.26. The standard InChI is InChI=1S/C36H48O11/c1-10-18(2)31(41)47-30-28(46-20(4)38)29-34(6,23-12-11-22(33(23,30)5)21-13-14-44-17-21)25(39)15-24-35(7,32(42)43-9)26(40)16-27(36(24,29)8)45-19(3)37/h12-14,17-18,22,24,26-30,40H,10-11,15-16H2,1-9H3/t18-,22+,24+,26-,27+,28-,29+,30+,33+,34-,35+,36-/m1/s1. The number of esters is 4. The van der Waals surface area contributed by atoms with Gasteiger partial charge in [0.05, 0.1) is 42.5 Å². The van der Waals surface area contributed by atoms with Gasteiger partial charge in [-0.05, 0) is 44.2 Å². The zero-order chi connectivity index (χ0) is 34.9. The fourth-order valence-corrected chi connectivity index (χ4v) is 10.1. The number of Topliss-reactive ketones (excluding diaryl/α,β-unsaturated/α-hetero) is 1. The lowest BCUT2D eigenvalue weighted by Gasteiger charge is -2.69. The monoisotopic (exact) mass is 656 g/mol. The fraction of sp³-hybridized carbons (Fsp3) is 0.694. The molecule has 12 atom stereocenters. The first kappa shape index (κ1) is 34.9. The number of carbonyl (C=O) groups is 5. The molecule has 3 fully saturated rings. The molecule has 0 bridgehead atoms. The topological polar surface area (TPSA) is 156 Å². The Labute approximate surface area is 275 Å². The Bertz CT molecular complexity index is 1480. The van der Waals surface area contributed by atoms with Gasteiger partial charge in [-0.1, -0.05) is 39.3 Å². The number of methoxy groups -OCH3 is 1. The smallest absolute Gasteiger partial charge is 0.314 e. The van der Waals surface area contributed by atoms with Crippen molar-refractivity contribution in [1.82, 2.24) is 0 Å². The largest absolute Gasteiger partial charge is 0.472 e. The van der Waals surface area contributed by atoms with E-state index >= 15 is 0 Å². The molecule has 11 heteroatoms. The Hall–Kier alpha value is -3.47. The van der Waals surface area contributed by atoms with Gasteiger partial charge in [-0.3, -0.25) is 24.0 Å². The Balaban J connectivity index is 1.83. The van der Waals surface area contributed by atoms with E-state index in [0.717, 1.165) is 11.1 Å². The van der Waals surface area contributed by atoms with Crippen LogP contribution in [0.5, 0.6) is 0 Å². The van der Waals surface area contributed by atoms with Gasteiger partial charge in [0.2, 0.25) is 0 Å². The number of allylic oxidation sites excluding steroid dienone is 1. The number of fused-ring (bicyclic) bond motifs is 5. The van der Waals surface area contributed by atoms with Crippen molar-refractivity contribution in [3.8, 4) is 0 Å². The average Bonchev–Trinajstić information content (AvgIpc) is 3.66. The second-order valence-corrected chi connectivity index (χ2v) is 14.8. The van der Waals surface area contributed by atoms with Crippen LogP contribution < -0.4 is 0 Å². The maximum absolute atomic E-state index is 14.9. The number of aliphatic hydroxyl groups excluding tert-OH is 1. The fourth-order valence-electron chi connectivity index (χ4n) is 10.1. The average molecular weight is 657 g/mol. The van der Waals surface area contributed by atoms with Crippen LogP contribution in [0.15, 0.2) is 34.7 Å². The van der Waals surface area contributed by atoms with E-state index < -0.39 is 87.7 Å². The molecule has 258 valence electrons. The van der Waals surface area contributed by atoms with E-state index in [1.54, 1.807) is 26.4 Å². The third-order valence-corrected chi connectivity index (χ3v) is 12.6. The second-order valence-electron chi connectivity index (χ2n) is 14.8. The quantitative estimate of drug-likeness (QED) is 0.247. The van der Waals surface area contributed by atoms with Crippen molar-refractivity contribution < 1.29 is 52.4 Å². The summed E-state index contributed by atoms with van der Waals surface area (Å²) < 4.78 is 29.4. The molecule has 0 aromatic carbocycles. The molecule has 1 N–H and O–H groups in total. The van der Waals surface area contributed by atoms with Crippen LogP contribution in [-0.2, 0) is 42.9 Å². The molecule has 4 aliphatic rings. The summed E-state index contributed by atoms with van der Waals surface area (Å²) in [5, 5.41) is 11.5. The first-order chi connectivity index (χ1) is 21.9. The second kappa shape index (κ2) is 11.9. The third kappa shape index (κ3) is 4.81. The molecule has 4 aliphatic carbocycles. The van der Waals surface area contributed by atoms with Crippen molar-refractivity contribution in [2.24, 2.45) is 39.4 Å². The van der Waals surface area contributed by atoms with Gasteiger partial charge >= 0.3 is 23.9 Å². The first-order valence-corrected chi connectivity index (χ1v) is 16.5. The Morgan fingerprint density at radius 1 is 1.06 bits per heavy atom. The molecule has 0 radical (unpaired) electrons. The zero-order valence-electron chi connectivity index (χ0n) is 28.8. The van der Waals surface area contributed by atoms with Crippen LogP contribution in [0.3, 0.4) is 0 Å². The molecule has 0 aliphatic heterocycles. The van der Waals surface area contributed by atoms with Gasteiger partial charge in [0.15, 0.2) is 0 Å². The van der Waals surface area contributed by atoms with E-state index in [0.29, 0.717) is 12.8 Å². The molecular formula is C36H48O11. The molecule has 11 nitrogen and oxygen atoms in total. The van der Waals surface area contributed by atoms with Crippen molar-refractivity contribution >= 4 is 29.7 Å². The number of hydrogen-bond acceptors (Lipinski definition) is 11.